The minimum atomic E-state index is -1.22. The van der Waals surface area contributed by atoms with E-state index in [0.29, 0.717) is 4.47 Å². The molecule has 0 unspecified atom stereocenters. The van der Waals surface area contributed by atoms with Gasteiger partial charge in [-0.05, 0) is 41.9 Å². The van der Waals surface area contributed by atoms with Crippen molar-refractivity contribution in [2.75, 3.05) is 0 Å². The van der Waals surface area contributed by atoms with Gasteiger partial charge in [0.05, 0.1) is 10.6 Å². The van der Waals surface area contributed by atoms with Gasteiger partial charge in [0.15, 0.2) is 0 Å². The van der Waals surface area contributed by atoms with E-state index in [1.165, 1.54) is 6.07 Å². The third-order valence-electron chi connectivity index (χ3n) is 1.59. The van der Waals surface area contributed by atoms with Gasteiger partial charge in [-0.2, -0.15) is 0 Å². The van der Waals surface area contributed by atoms with E-state index < -0.39 is 11.8 Å². The molecular weight excluding hydrogens is 267 g/mol. The maximum Gasteiger partial charge on any atom is 0.339 e. The molecule has 0 radical (unpaired) electrons. The van der Waals surface area contributed by atoms with Crippen LogP contribution in [0, 0.1) is 5.82 Å². The number of benzene rings is 1. The summed E-state index contributed by atoms with van der Waals surface area (Å²) >= 11 is 3.07. The fraction of sp³-hybridized carbons (Fsp3) is 0.300. The summed E-state index contributed by atoms with van der Waals surface area (Å²) in [5.74, 6) is -1.68. The molecule has 0 aromatic heterocycles. The molecule has 1 rings (SSSR count). The molecule has 0 heterocycles. The van der Waals surface area contributed by atoms with Crippen LogP contribution in [0.2, 0.25) is 0 Å². The summed E-state index contributed by atoms with van der Waals surface area (Å²) in [5.41, 5.74) is -0.185. The number of carboxylic acid groups (broad SMARTS) is 1. The number of aromatic carboxylic acids is 1. The standard InChI is InChI=1S/C10H10BrFO3/c1-5(2)15-9-7(10(13)14)3-6(12)4-8(9)11/h3-5H,1-2H3,(H,13,14). The van der Waals surface area contributed by atoms with Crippen LogP contribution in [0.4, 0.5) is 4.39 Å². The van der Waals surface area contributed by atoms with Gasteiger partial charge in [0, 0.05) is 0 Å². The number of carbonyl (C=O) groups is 1. The van der Waals surface area contributed by atoms with Gasteiger partial charge in [0.1, 0.15) is 17.1 Å². The lowest BCUT2D eigenvalue weighted by atomic mass is 10.2. The Morgan fingerprint density at radius 3 is 2.60 bits per heavy atom. The molecule has 0 aliphatic rings. The van der Waals surface area contributed by atoms with Crippen LogP contribution in [0.5, 0.6) is 5.75 Å². The summed E-state index contributed by atoms with van der Waals surface area (Å²) in [6.07, 6.45) is -0.176. The second-order valence-corrected chi connectivity index (χ2v) is 4.09. The first-order valence-corrected chi connectivity index (χ1v) is 5.10. The van der Waals surface area contributed by atoms with E-state index in [1.807, 2.05) is 0 Å². The third kappa shape index (κ3) is 2.92. The highest BCUT2D eigenvalue weighted by Crippen LogP contribution is 2.31. The van der Waals surface area contributed by atoms with Gasteiger partial charge in [-0.1, -0.05) is 0 Å². The highest BCUT2D eigenvalue weighted by atomic mass is 79.9. The summed E-state index contributed by atoms with van der Waals surface area (Å²) in [6, 6.07) is 2.11. The Labute approximate surface area is 95.0 Å². The smallest absolute Gasteiger partial charge is 0.339 e. The van der Waals surface area contributed by atoms with Gasteiger partial charge in [0.2, 0.25) is 0 Å². The summed E-state index contributed by atoms with van der Waals surface area (Å²) in [6.45, 7) is 3.53. The number of hydrogen-bond acceptors (Lipinski definition) is 2. The predicted octanol–water partition coefficient (Wildman–Crippen LogP) is 3.07. The monoisotopic (exact) mass is 276 g/mol. The molecular formula is C10H10BrFO3. The van der Waals surface area contributed by atoms with Crippen molar-refractivity contribution in [2.24, 2.45) is 0 Å². The first-order chi connectivity index (χ1) is 6.91. The number of carboxylic acids is 1. The van der Waals surface area contributed by atoms with E-state index in [4.69, 9.17) is 9.84 Å². The zero-order valence-electron chi connectivity index (χ0n) is 8.25. The zero-order chi connectivity index (χ0) is 11.6. The molecule has 0 aliphatic heterocycles. The molecule has 0 aliphatic carbocycles. The summed E-state index contributed by atoms with van der Waals surface area (Å²) in [4.78, 5) is 10.8. The lowest BCUT2D eigenvalue weighted by Crippen LogP contribution is -2.10. The Hall–Kier alpha value is -1.10. The fourth-order valence-corrected chi connectivity index (χ4v) is 1.60. The normalized spacial score (nSPS) is 10.5. The average molecular weight is 277 g/mol. The largest absolute Gasteiger partial charge is 0.489 e. The minimum absolute atomic E-state index is 0.152. The van der Waals surface area contributed by atoms with Crippen molar-refractivity contribution < 1.29 is 19.0 Å². The topological polar surface area (TPSA) is 46.5 Å². The van der Waals surface area contributed by atoms with Crippen molar-refractivity contribution >= 4 is 21.9 Å². The molecule has 0 bridgehead atoms. The van der Waals surface area contributed by atoms with Gasteiger partial charge in [0.25, 0.3) is 0 Å². The maximum absolute atomic E-state index is 13.0. The summed E-state index contributed by atoms with van der Waals surface area (Å²) in [5, 5.41) is 8.86. The van der Waals surface area contributed by atoms with Gasteiger partial charge < -0.3 is 9.84 Å². The molecule has 0 fully saturated rings. The number of hydrogen-bond donors (Lipinski definition) is 1. The van der Waals surface area contributed by atoms with Crippen molar-refractivity contribution in [3.63, 3.8) is 0 Å². The van der Waals surface area contributed by atoms with E-state index in [9.17, 15) is 9.18 Å². The van der Waals surface area contributed by atoms with Crippen LogP contribution in [0.25, 0.3) is 0 Å². The molecule has 5 heteroatoms. The summed E-state index contributed by atoms with van der Waals surface area (Å²) < 4.78 is 18.6. The second kappa shape index (κ2) is 4.61. The van der Waals surface area contributed by atoms with Crippen LogP contribution >= 0.6 is 15.9 Å². The van der Waals surface area contributed by atoms with Gasteiger partial charge in [-0.15, -0.1) is 0 Å². The summed E-state index contributed by atoms with van der Waals surface area (Å²) in [7, 11) is 0. The Morgan fingerprint density at radius 2 is 2.13 bits per heavy atom. The Kier molecular flexibility index (Phi) is 3.68. The number of rotatable bonds is 3. The SMILES string of the molecule is CC(C)Oc1c(Br)cc(F)cc1C(=O)O. The van der Waals surface area contributed by atoms with Crippen molar-refractivity contribution in [2.45, 2.75) is 20.0 Å². The first kappa shape index (κ1) is 12.0. The molecule has 3 nitrogen and oxygen atoms in total. The molecule has 1 N–H and O–H groups in total. The quantitative estimate of drug-likeness (QED) is 0.923. The highest BCUT2D eigenvalue weighted by molar-refractivity contribution is 9.10. The van der Waals surface area contributed by atoms with Gasteiger partial charge in [-0.3, -0.25) is 0 Å². The van der Waals surface area contributed by atoms with E-state index in [1.54, 1.807) is 13.8 Å². The van der Waals surface area contributed by atoms with Crippen molar-refractivity contribution in [1.82, 2.24) is 0 Å². The predicted molar refractivity (Wildman–Crippen MR) is 56.8 cm³/mol. The van der Waals surface area contributed by atoms with Gasteiger partial charge >= 0.3 is 5.97 Å². The highest BCUT2D eigenvalue weighted by Gasteiger charge is 2.17. The third-order valence-corrected chi connectivity index (χ3v) is 2.18. The molecule has 82 valence electrons. The molecule has 0 spiro atoms. The molecule has 1 aromatic carbocycles. The molecule has 0 saturated heterocycles. The molecule has 0 atom stereocenters. The number of halogens is 2. The lowest BCUT2D eigenvalue weighted by Gasteiger charge is -2.13. The van der Waals surface area contributed by atoms with E-state index in [0.717, 1.165) is 6.07 Å². The molecule has 0 saturated carbocycles. The average Bonchev–Trinajstić information content (AvgIpc) is 2.08. The van der Waals surface area contributed by atoms with Gasteiger partial charge in [-0.25, -0.2) is 9.18 Å². The Bertz CT molecular complexity index is 390. The van der Waals surface area contributed by atoms with Crippen molar-refractivity contribution in [1.29, 1.82) is 0 Å². The molecule has 15 heavy (non-hydrogen) atoms. The van der Waals surface area contributed by atoms with Crippen LogP contribution in [0.3, 0.4) is 0 Å². The van der Waals surface area contributed by atoms with Crippen molar-refractivity contribution in [3.05, 3.63) is 28.0 Å². The van der Waals surface area contributed by atoms with Crippen molar-refractivity contribution in [3.8, 4) is 5.75 Å². The van der Waals surface area contributed by atoms with Crippen LogP contribution < -0.4 is 4.74 Å². The van der Waals surface area contributed by atoms with Crippen LogP contribution in [0.15, 0.2) is 16.6 Å². The Morgan fingerprint density at radius 1 is 1.53 bits per heavy atom. The molecule has 1 aromatic rings. The minimum Gasteiger partial charge on any atom is -0.489 e. The zero-order valence-corrected chi connectivity index (χ0v) is 9.84. The van der Waals surface area contributed by atoms with Crippen LogP contribution in [-0.4, -0.2) is 17.2 Å². The second-order valence-electron chi connectivity index (χ2n) is 3.24. The molecule has 0 amide bonds. The van der Waals surface area contributed by atoms with Crippen LogP contribution in [0.1, 0.15) is 24.2 Å². The Balaban J connectivity index is 3.27. The van der Waals surface area contributed by atoms with E-state index in [-0.39, 0.29) is 17.4 Å². The first-order valence-electron chi connectivity index (χ1n) is 4.30. The lowest BCUT2D eigenvalue weighted by molar-refractivity contribution is 0.0689. The fourth-order valence-electron chi connectivity index (χ4n) is 1.07. The van der Waals surface area contributed by atoms with E-state index in [2.05, 4.69) is 15.9 Å². The van der Waals surface area contributed by atoms with Crippen LogP contribution in [-0.2, 0) is 0 Å². The van der Waals surface area contributed by atoms with E-state index >= 15 is 0 Å². The maximum atomic E-state index is 13.0. The number of ether oxygens (including phenoxy) is 1.